The first-order chi connectivity index (χ1) is 47.6. The van der Waals surface area contributed by atoms with Gasteiger partial charge in [0.15, 0.2) is 11.4 Å². The molecule has 0 atom stereocenters. The number of benzene rings is 5. The van der Waals surface area contributed by atoms with Gasteiger partial charge in [-0.25, -0.2) is 13.2 Å². The van der Waals surface area contributed by atoms with Gasteiger partial charge in [-0.3, -0.25) is 47.7 Å². The number of primary amides is 2. The molecule has 3 aliphatic carbocycles. The smallest absolute Gasteiger partial charge is 1.00 e. The maximum Gasteiger partial charge on any atom is 1.00 e. The van der Waals surface area contributed by atoms with E-state index in [4.69, 9.17) is 67.2 Å². The number of nitrogens with one attached hydrogen (secondary N) is 3. The van der Waals surface area contributed by atoms with E-state index in [0.717, 1.165) is 51.4 Å². The summed E-state index contributed by atoms with van der Waals surface area (Å²) in [7, 11) is 0. The number of halogens is 7. The Labute approximate surface area is 710 Å². The molecule has 31 heteroatoms. The number of carbonyl (C=O) groups excluding carboxylic acids is 7. The van der Waals surface area contributed by atoms with Crippen molar-refractivity contribution in [2.75, 3.05) is 18.4 Å². The van der Waals surface area contributed by atoms with Crippen molar-refractivity contribution in [3.63, 3.8) is 0 Å². The minimum absolute atomic E-state index is 0. The van der Waals surface area contributed by atoms with Crippen molar-refractivity contribution in [2.45, 2.75) is 188 Å². The number of alkyl halides is 1. The van der Waals surface area contributed by atoms with Gasteiger partial charge in [0, 0.05) is 59.5 Å². The van der Waals surface area contributed by atoms with E-state index in [-0.39, 0.29) is 220 Å². The molecule has 0 radical (unpaired) electrons. The van der Waals surface area contributed by atoms with Crippen LogP contribution in [0.5, 0.6) is 0 Å². The molecule has 3 aliphatic rings. The minimum atomic E-state index is -1.02. The van der Waals surface area contributed by atoms with E-state index >= 15 is 0 Å². The van der Waals surface area contributed by atoms with Gasteiger partial charge in [0.1, 0.15) is 36.3 Å². The number of nitrogens with zero attached hydrogens (tertiary/aromatic N) is 5. The van der Waals surface area contributed by atoms with Crippen LogP contribution in [0.15, 0.2) is 103 Å². The number of hydrogen-bond acceptors (Lipinski definition) is 14. The molecule has 0 spiro atoms. The summed E-state index contributed by atoms with van der Waals surface area (Å²) in [5, 5.41) is 35.6. The van der Waals surface area contributed by atoms with Crippen molar-refractivity contribution in [3.05, 3.63) is 164 Å². The fraction of sp³-hybridized carbons (Fsp3) is 0.444. The molecule has 3 saturated carbocycles. The number of carboxylic acids is 1. The third kappa shape index (κ3) is 34.0. The molecule has 0 aliphatic heterocycles. The van der Waals surface area contributed by atoms with Gasteiger partial charge in [0.2, 0.25) is 17.7 Å². The quantitative estimate of drug-likeness (QED) is 0.0104. The Kier molecular flexibility index (Phi) is 49.7. The number of fused-ring (bicyclic) bond motifs is 2. The van der Waals surface area contributed by atoms with Crippen LogP contribution in [0.4, 0.5) is 13.2 Å². The minimum Gasteiger partial charge on any atom is -1.00 e. The molecule has 0 saturated heterocycles. The molecule has 103 heavy (non-hydrogen) atoms. The molecule has 10 rings (SSSR count). The molecule has 10 N–H and O–H groups in total. The summed E-state index contributed by atoms with van der Waals surface area (Å²) < 4.78 is 43.9. The van der Waals surface area contributed by atoms with Crippen LogP contribution in [-0.4, -0.2) is 114 Å². The second-order valence-corrected chi connectivity index (χ2v) is 25.5. The number of aryl methyl sites for hydroxylation is 1. The number of carboxylic acid groups (broad SMARTS) is 1. The Bertz CT molecular complexity index is 3790. The van der Waals surface area contributed by atoms with Crippen molar-refractivity contribution in [1.29, 1.82) is 0 Å². The zero-order chi connectivity index (χ0) is 72.2. The second kappa shape index (κ2) is 53.1. The summed E-state index contributed by atoms with van der Waals surface area (Å²) in [6, 6.07) is 29.0. The number of hydrogen-bond donors (Lipinski definition) is 7. The second-order valence-electron chi connectivity index (χ2n) is 23.7. The number of ketones is 1. The summed E-state index contributed by atoms with van der Waals surface area (Å²) in [5.41, 5.74) is 18.9. The van der Waals surface area contributed by atoms with Crippen molar-refractivity contribution < 1.29 is 171 Å². The van der Waals surface area contributed by atoms with Gasteiger partial charge in [-0.05, 0) is 80.8 Å². The first-order valence-corrected chi connectivity index (χ1v) is 35.0. The third-order valence-corrected chi connectivity index (χ3v) is 18.0. The molecule has 2 aromatic heterocycles. The average molecular weight is 1610 g/mol. The maximum atomic E-state index is 14.2. The van der Waals surface area contributed by atoms with Crippen molar-refractivity contribution in [1.82, 2.24) is 40.4 Å². The molecule has 554 valence electrons. The summed E-state index contributed by atoms with van der Waals surface area (Å²) in [6.45, 7) is -0.365. The molecule has 7 aromatic rings. The van der Waals surface area contributed by atoms with E-state index in [1.165, 1.54) is 91.8 Å². The number of aromatic nitrogens is 4. The van der Waals surface area contributed by atoms with Crippen LogP contribution in [0, 0.1) is 17.5 Å². The van der Waals surface area contributed by atoms with Crippen LogP contribution in [0.2, 0.25) is 15.1 Å². The zero-order valence-electron chi connectivity index (χ0n) is 57.9. The van der Waals surface area contributed by atoms with Crippen LogP contribution >= 0.6 is 50.7 Å². The normalized spacial score (nSPS) is 13.6. The number of amides is 5. The topological polar surface area (TPSA) is 342 Å². The summed E-state index contributed by atoms with van der Waals surface area (Å²) in [6.07, 6.45) is 21.8. The summed E-state index contributed by atoms with van der Waals surface area (Å²) in [4.78, 5) is 95.7. The van der Waals surface area contributed by atoms with Gasteiger partial charge in [0.05, 0.1) is 44.5 Å². The third-order valence-electron chi connectivity index (χ3n) is 16.5. The average Bonchev–Trinajstić information content (AvgIpc) is 1.65. The van der Waals surface area contributed by atoms with Crippen molar-refractivity contribution in [3.8, 4) is 0 Å². The van der Waals surface area contributed by atoms with Gasteiger partial charge in [-0.15, -0.1) is 0 Å². The Morgan fingerprint density at radius 3 is 1.44 bits per heavy atom. The van der Waals surface area contributed by atoms with Crippen LogP contribution in [-0.2, 0) is 66.3 Å². The number of rotatable bonds is 21. The fourth-order valence-electron chi connectivity index (χ4n) is 11.3. The van der Waals surface area contributed by atoms with Gasteiger partial charge in [-0.1, -0.05) is 215 Å². The molecule has 2 heterocycles. The number of carbonyl (C=O) groups is 8. The number of aliphatic carboxylic acids is 1. The predicted molar refractivity (Wildman–Crippen MR) is 389 cm³/mol. The molecule has 3 fully saturated rings. The van der Waals surface area contributed by atoms with Gasteiger partial charge >= 0.3 is 109 Å². The Morgan fingerprint density at radius 2 is 1.01 bits per heavy atom. The summed E-state index contributed by atoms with van der Waals surface area (Å²) >= 11 is 20.2. The Morgan fingerprint density at radius 1 is 0.612 bits per heavy atom. The molecule has 5 aromatic carbocycles. The standard InChI is InChI=1S/C26H29ClFN5O3.C16H22ClFN2O.C10H9BrClFO.C10H9N3O3.C7H15N.CH2O3.2CH4.2K.H/c27-20-12-7-8-17(24(20)28)14-30-22(34)15-32(18-9-3-1-2-4-10-18)23(35)16-33-21-13-6-5-11-19(21)25(31-33)26(29)36;17-14-9-5-6-12(16(14)18)10-20-15(21)11-19-13-7-3-1-2-4-8-13;11-6-8(14)5-4-7-2-1-3-9(12)10(7)13;11-10(16)9-6-3-1-2-4-7(6)13(12-9)5-8(14)15;8-7-5-3-1-2-4-6-7;2-1-4-3;;;;;/h5-8,11-13,18H,1-4,9-10,14-16H2,(H2,29,36)(H,30,34);5-6,9,13,19H,1-4,7-8,10-11H2,(H,20,21);1-3H,4-6H2;1-4H,5H2,(H2,11,16)(H,14,15);7H,1-6,8H2;1,3H;2*1H4;;;/q;;;;;;;;2*+1;-1/p-1. The van der Waals surface area contributed by atoms with E-state index in [9.17, 15) is 46.7 Å². The van der Waals surface area contributed by atoms with E-state index in [1.807, 2.05) is 0 Å². The van der Waals surface area contributed by atoms with E-state index in [1.54, 1.807) is 89.8 Å². The van der Waals surface area contributed by atoms with Gasteiger partial charge in [0.25, 0.3) is 18.3 Å². The molecule has 0 bridgehead atoms. The van der Waals surface area contributed by atoms with Gasteiger partial charge in [-0.2, -0.15) is 10.2 Å². The van der Waals surface area contributed by atoms with E-state index < -0.39 is 41.1 Å². The van der Waals surface area contributed by atoms with Gasteiger partial charge < -0.3 is 54.7 Å². The van der Waals surface area contributed by atoms with Crippen LogP contribution in [0.3, 0.4) is 0 Å². The van der Waals surface area contributed by atoms with E-state index in [0.29, 0.717) is 63.2 Å². The molecule has 22 nitrogen and oxygen atoms in total. The summed E-state index contributed by atoms with van der Waals surface area (Å²) in [5.74, 6) is -4.55. The number of nitrogens with two attached hydrogens (primary N) is 3. The first kappa shape index (κ1) is 96.3. The first-order valence-electron chi connectivity index (χ1n) is 32.7. The number of para-hydroxylation sites is 2. The number of Topliss-reactive ketones (excluding diaryl/α,β-unsaturated/α-hetero) is 1. The van der Waals surface area contributed by atoms with Crippen LogP contribution in [0.1, 0.15) is 176 Å². The van der Waals surface area contributed by atoms with Crippen LogP contribution < -0.4 is 141 Å². The Balaban J connectivity index is 0.00000134. The fourth-order valence-corrected chi connectivity index (χ4v) is 12.2. The largest absolute Gasteiger partial charge is 1.00 e. The van der Waals surface area contributed by atoms with E-state index in [2.05, 4.69) is 47.0 Å². The monoisotopic (exact) mass is 1610 g/mol. The Hall–Kier alpha value is -4.71. The zero-order valence-corrected chi connectivity index (χ0v) is 67.0. The molecular weight excluding hydrogens is 1520 g/mol. The molecular formula is C72H94BrCl3F3K2N11O11. The SMILES string of the molecule is C.C.NC(=O)c1nn(CC(=O)N(CC(=O)NCc2cccc(Cl)c2F)C2CCCCCC2)c2ccccc12.NC(=O)c1nn(CC(=O)O)c2ccccc12.NC1CCCCCC1.O=C(CBr)CCc1cccc(Cl)c1F.O=C(CNC1CCCCCC1)NCc1cccc(Cl)c1F.O=CO[O-].[H-].[K+].[K+]. The van der Waals surface area contributed by atoms with Crippen molar-refractivity contribution in [2.24, 2.45) is 17.2 Å². The predicted octanol–water partition coefficient (Wildman–Crippen LogP) is 6.29. The maximum absolute atomic E-state index is 14.2. The molecule has 5 amide bonds. The van der Waals surface area contributed by atoms with Crippen LogP contribution in [0.25, 0.3) is 21.8 Å². The van der Waals surface area contributed by atoms with Crippen molar-refractivity contribution >= 4 is 120 Å². The molecule has 0 unspecified atom stereocenters.